The highest BCUT2D eigenvalue weighted by atomic mass is 32.2. The fourth-order valence-corrected chi connectivity index (χ4v) is 4.16. The standard InChI is InChI=1S/C12H23N5O2S/c1-15(2)12(6-5-7-12)8-17(4)20(18,19)11-10(13)14-9-16(11)3/h9H,5-8,13H2,1-4H3. The Morgan fingerprint density at radius 3 is 2.35 bits per heavy atom. The molecule has 1 saturated carbocycles. The molecule has 114 valence electrons. The lowest BCUT2D eigenvalue weighted by Gasteiger charge is -2.48. The van der Waals surface area contributed by atoms with Crippen LogP contribution in [0.3, 0.4) is 0 Å². The maximum absolute atomic E-state index is 12.6. The SMILES string of the molecule is CN(C)C1(CN(C)S(=O)(=O)c2c(N)ncn2C)CCC1. The third-order valence-corrected chi connectivity index (χ3v) is 6.25. The molecule has 0 radical (unpaired) electrons. The summed E-state index contributed by atoms with van der Waals surface area (Å²) < 4.78 is 28.1. The molecule has 1 fully saturated rings. The first-order chi connectivity index (χ1) is 9.20. The van der Waals surface area contributed by atoms with E-state index in [1.807, 2.05) is 14.1 Å². The van der Waals surface area contributed by atoms with Gasteiger partial charge in [0.2, 0.25) is 0 Å². The van der Waals surface area contributed by atoms with Gasteiger partial charge in [0.1, 0.15) is 0 Å². The number of likely N-dealkylation sites (N-methyl/N-ethyl adjacent to an activating group) is 2. The lowest BCUT2D eigenvalue weighted by atomic mass is 9.75. The van der Waals surface area contributed by atoms with Gasteiger partial charge in [-0.05, 0) is 33.4 Å². The van der Waals surface area contributed by atoms with Gasteiger partial charge in [-0.3, -0.25) is 0 Å². The minimum absolute atomic E-state index is 0.0480. The molecule has 0 saturated heterocycles. The Morgan fingerprint density at radius 1 is 1.40 bits per heavy atom. The van der Waals surface area contributed by atoms with Gasteiger partial charge in [0.05, 0.1) is 6.33 Å². The zero-order valence-corrected chi connectivity index (χ0v) is 13.3. The average Bonchev–Trinajstić information content (AvgIpc) is 2.63. The molecular weight excluding hydrogens is 278 g/mol. The lowest BCUT2D eigenvalue weighted by molar-refractivity contribution is 0.0454. The Morgan fingerprint density at radius 2 is 2.00 bits per heavy atom. The van der Waals surface area contributed by atoms with Crippen LogP contribution in [-0.2, 0) is 17.1 Å². The highest BCUT2D eigenvalue weighted by Gasteiger charge is 2.42. The van der Waals surface area contributed by atoms with Crippen molar-refractivity contribution in [2.24, 2.45) is 7.05 Å². The van der Waals surface area contributed by atoms with Crippen molar-refractivity contribution in [2.75, 3.05) is 33.4 Å². The van der Waals surface area contributed by atoms with Crippen molar-refractivity contribution in [1.82, 2.24) is 18.8 Å². The van der Waals surface area contributed by atoms with Crippen LogP contribution in [0, 0.1) is 0 Å². The fourth-order valence-electron chi connectivity index (χ4n) is 2.73. The summed E-state index contributed by atoms with van der Waals surface area (Å²) in [5, 5.41) is 0.0632. The molecule has 1 aliphatic rings. The van der Waals surface area contributed by atoms with Crippen molar-refractivity contribution in [1.29, 1.82) is 0 Å². The number of hydrogen-bond donors (Lipinski definition) is 1. The van der Waals surface area contributed by atoms with Crippen LogP contribution >= 0.6 is 0 Å². The number of imidazole rings is 1. The van der Waals surface area contributed by atoms with Crippen LogP contribution in [0.4, 0.5) is 5.82 Å². The van der Waals surface area contributed by atoms with Gasteiger partial charge in [-0.1, -0.05) is 0 Å². The van der Waals surface area contributed by atoms with Gasteiger partial charge in [0.15, 0.2) is 10.8 Å². The summed E-state index contributed by atoms with van der Waals surface area (Å²) in [7, 11) is 3.61. The number of nitrogens with two attached hydrogens (primary N) is 1. The topological polar surface area (TPSA) is 84.5 Å². The first kappa shape index (κ1) is 15.3. The highest BCUT2D eigenvalue weighted by molar-refractivity contribution is 7.89. The van der Waals surface area contributed by atoms with E-state index < -0.39 is 10.0 Å². The van der Waals surface area contributed by atoms with E-state index in [-0.39, 0.29) is 16.4 Å². The van der Waals surface area contributed by atoms with Crippen LogP contribution in [-0.4, -0.2) is 60.4 Å². The second kappa shape index (κ2) is 5.01. The third-order valence-electron chi connectivity index (χ3n) is 4.31. The largest absolute Gasteiger partial charge is 0.381 e. The van der Waals surface area contributed by atoms with E-state index >= 15 is 0 Å². The molecule has 8 heteroatoms. The Bertz CT molecular complexity index is 569. The molecule has 1 aromatic rings. The molecule has 0 atom stereocenters. The van der Waals surface area contributed by atoms with Gasteiger partial charge >= 0.3 is 0 Å². The molecule has 0 bridgehead atoms. The number of anilines is 1. The molecule has 1 aromatic heterocycles. The Labute approximate surface area is 120 Å². The molecular formula is C12H23N5O2S. The van der Waals surface area contributed by atoms with Crippen LogP contribution in [0.1, 0.15) is 19.3 Å². The highest BCUT2D eigenvalue weighted by Crippen LogP contribution is 2.37. The Balaban J connectivity index is 2.27. The zero-order chi connectivity index (χ0) is 15.1. The summed E-state index contributed by atoms with van der Waals surface area (Å²) in [5.74, 6) is 0.0480. The minimum Gasteiger partial charge on any atom is -0.381 e. The predicted molar refractivity (Wildman–Crippen MR) is 77.7 cm³/mol. The van der Waals surface area contributed by atoms with E-state index in [0.717, 1.165) is 19.3 Å². The van der Waals surface area contributed by atoms with E-state index in [9.17, 15) is 8.42 Å². The Kier molecular flexibility index (Phi) is 3.83. The number of rotatable bonds is 5. The van der Waals surface area contributed by atoms with E-state index in [2.05, 4.69) is 9.88 Å². The molecule has 0 aliphatic heterocycles. The van der Waals surface area contributed by atoms with Crippen molar-refractivity contribution < 1.29 is 8.42 Å². The van der Waals surface area contributed by atoms with E-state index in [1.54, 1.807) is 14.1 Å². The average molecular weight is 301 g/mol. The monoisotopic (exact) mass is 301 g/mol. The van der Waals surface area contributed by atoms with Crippen molar-refractivity contribution >= 4 is 15.8 Å². The zero-order valence-electron chi connectivity index (χ0n) is 12.5. The van der Waals surface area contributed by atoms with Gasteiger partial charge in [0.25, 0.3) is 10.0 Å². The minimum atomic E-state index is -3.62. The van der Waals surface area contributed by atoms with E-state index in [1.165, 1.54) is 15.2 Å². The normalized spacial score (nSPS) is 18.5. The van der Waals surface area contributed by atoms with Crippen LogP contribution in [0.2, 0.25) is 0 Å². The maximum atomic E-state index is 12.6. The number of nitrogens with zero attached hydrogens (tertiary/aromatic N) is 4. The van der Waals surface area contributed by atoms with Gasteiger partial charge in [-0.25, -0.2) is 13.4 Å². The number of aromatic nitrogens is 2. The summed E-state index contributed by atoms with van der Waals surface area (Å²) >= 11 is 0. The predicted octanol–water partition coefficient (Wildman–Crippen LogP) is 0.107. The molecule has 2 N–H and O–H groups in total. The van der Waals surface area contributed by atoms with Gasteiger partial charge in [0, 0.05) is 26.2 Å². The molecule has 20 heavy (non-hydrogen) atoms. The van der Waals surface area contributed by atoms with Crippen LogP contribution < -0.4 is 5.73 Å². The van der Waals surface area contributed by atoms with Crippen LogP contribution in [0.25, 0.3) is 0 Å². The molecule has 1 heterocycles. The number of sulfonamides is 1. The number of nitrogen functional groups attached to an aromatic ring is 1. The van der Waals surface area contributed by atoms with E-state index in [0.29, 0.717) is 6.54 Å². The van der Waals surface area contributed by atoms with Crippen molar-refractivity contribution in [2.45, 2.75) is 29.8 Å². The first-order valence-corrected chi connectivity index (χ1v) is 8.05. The molecule has 1 aliphatic carbocycles. The molecule has 2 rings (SSSR count). The molecule has 0 aromatic carbocycles. The molecule has 0 spiro atoms. The van der Waals surface area contributed by atoms with Crippen molar-refractivity contribution in [3.63, 3.8) is 0 Å². The smallest absolute Gasteiger partial charge is 0.262 e. The third kappa shape index (κ3) is 2.32. The maximum Gasteiger partial charge on any atom is 0.262 e. The summed E-state index contributed by atoms with van der Waals surface area (Å²) in [6, 6.07) is 0. The van der Waals surface area contributed by atoms with Crippen LogP contribution in [0.5, 0.6) is 0 Å². The number of hydrogen-bond acceptors (Lipinski definition) is 5. The first-order valence-electron chi connectivity index (χ1n) is 6.61. The second-order valence-corrected chi connectivity index (χ2v) is 7.74. The van der Waals surface area contributed by atoms with Gasteiger partial charge in [-0.2, -0.15) is 4.31 Å². The molecule has 0 amide bonds. The Hall–Kier alpha value is -1.12. The lowest BCUT2D eigenvalue weighted by Crippen LogP contribution is -2.57. The summed E-state index contributed by atoms with van der Waals surface area (Å²) in [5.41, 5.74) is 5.63. The van der Waals surface area contributed by atoms with Crippen LogP contribution in [0.15, 0.2) is 11.4 Å². The quantitative estimate of drug-likeness (QED) is 0.834. The fraction of sp³-hybridized carbons (Fsp3) is 0.750. The van der Waals surface area contributed by atoms with Crippen molar-refractivity contribution in [3.8, 4) is 0 Å². The van der Waals surface area contributed by atoms with Gasteiger partial charge in [-0.15, -0.1) is 0 Å². The second-order valence-electron chi connectivity index (χ2n) is 5.78. The molecule has 0 unspecified atom stereocenters. The summed E-state index contributed by atoms with van der Waals surface area (Å²) in [6.45, 7) is 0.465. The van der Waals surface area contributed by atoms with E-state index in [4.69, 9.17) is 5.73 Å². The van der Waals surface area contributed by atoms with Crippen molar-refractivity contribution in [3.05, 3.63) is 6.33 Å². The van der Waals surface area contributed by atoms with Gasteiger partial charge < -0.3 is 15.2 Å². The summed E-state index contributed by atoms with van der Waals surface area (Å²) in [4.78, 5) is 5.98. The number of aryl methyl sites for hydroxylation is 1. The molecule has 7 nitrogen and oxygen atoms in total. The summed E-state index contributed by atoms with van der Waals surface area (Å²) in [6.07, 6.45) is 4.59.